The molecule has 0 aliphatic carbocycles. The molecule has 0 spiro atoms. The van der Waals surface area contributed by atoms with Crippen LogP contribution >= 0.6 is 12.6 Å². The summed E-state index contributed by atoms with van der Waals surface area (Å²) in [6.07, 6.45) is 0.558. The van der Waals surface area contributed by atoms with Crippen molar-refractivity contribution in [1.29, 1.82) is 0 Å². The van der Waals surface area contributed by atoms with Gasteiger partial charge in [0, 0.05) is 11.4 Å². The molecule has 0 aromatic heterocycles. The molecule has 7 heteroatoms. The lowest BCUT2D eigenvalue weighted by Crippen LogP contribution is -2.26. The molecule has 2 rings (SSSR count). The molecule has 24 heavy (non-hydrogen) atoms. The van der Waals surface area contributed by atoms with Crippen molar-refractivity contribution < 1.29 is 17.8 Å². The Morgan fingerprint density at radius 2 is 1.71 bits per heavy atom. The van der Waals surface area contributed by atoms with Crippen LogP contribution in [0.4, 0.5) is 5.69 Å². The number of hydrogen-bond donors (Lipinski definition) is 2. The van der Waals surface area contributed by atoms with Crippen molar-refractivity contribution in [3.63, 3.8) is 0 Å². The molecule has 1 unspecified atom stereocenters. The van der Waals surface area contributed by atoms with E-state index in [1.54, 1.807) is 0 Å². The van der Waals surface area contributed by atoms with Crippen LogP contribution in [-0.2, 0) is 21.3 Å². The highest BCUT2D eigenvalue weighted by Crippen LogP contribution is 2.17. The molecule has 0 aliphatic rings. The van der Waals surface area contributed by atoms with E-state index in [0.29, 0.717) is 17.9 Å². The van der Waals surface area contributed by atoms with Crippen molar-refractivity contribution in [2.45, 2.75) is 18.2 Å². The van der Waals surface area contributed by atoms with Crippen LogP contribution in [0.1, 0.15) is 11.1 Å². The Labute approximate surface area is 147 Å². The standard InChI is InChI=1S/C17H19NO4S2/c1-12-2-4-13(5-3-12)10-14(11-23)17(19)18-15-6-8-16(9-7-15)24(20,21)22/h2-9,14,23H,10-11H2,1H3,(H,18,19)(H,20,21,22)/p-1. The Bertz CT molecular complexity index is 799. The van der Waals surface area contributed by atoms with Gasteiger partial charge in [-0.15, -0.1) is 0 Å². The summed E-state index contributed by atoms with van der Waals surface area (Å²) < 4.78 is 32.7. The van der Waals surface area contributed by atoms with Crippen LogP contribution in [0.3, 0.4) is 0 Å². The monoisotopic (exact) mass is 364 g/mol. The number of aryl methyl sites for hydroxylation is 1. The highest BCUT2D eigenvalue weighted by atomic mass is 32.2. The van der Waals surface area contributed by atoms with Gasteiger partial charge in [0.05, 0.1) is 10.8 Å². The summed E-state index contributed by atoms with van der Waals surface area (Å²) in [6, 6.07) is 13.1. The largest absolute Gasteiger partial charge is 0.744 e. The van der Waals surface area contributed by atoms with Gasteiger partial charge in [0.1, 0.15) is 10.1 Å². The minimum Gasteiger partial charge on any atom is -0.744 e. The van der Waals surface area contributed by atoms with Gasteiger partial charge < -0.3 is 9.87 Å². The van der Waals surface area contributed by atoms with E-state index in [0.717, 1.165) is 11.1 Å². The zero-order valence-corrected chi connectivity index (χ0v) is 14.8. The van der Waals surface area contributed by atoms with E-state index in [1.165, 1.54) is 24.3 Å². The Balaban J connectivity index is 2.05. The number of anilines is 1. The second-order valence-electron chi connectivity index (χ2n) is 5.54. The smallest absolute Gasteiger partial charge is 0.228 e. The molecule has 0 aliphatic heterocycles. The summed E-state index contributed by atoms with van der Waals surface area (Å²) in [6.45, 7) is 2.00. The summed E-state index contributed by atoms with van der Waals surface area (Å²) in [7, 11) is -4.49. The summed E-state index contributed by atoms with van der Waals surface area (Å²) in [5, 5.41) is 2.72. The third-order valence-corrected chi connectivity index (χ3v) is 4.89. The van der Waals surface area contributed by atoms with Crippen molar-refractivity contribution in [2.24, 2.45) is 5.92 Å². The summed E-state index contributed by atoms with van der Waals surface area (Å²) >= 11 is 4.24. The number of thiol groups is 1. The van der Waals surface area contributed by atoms with Gasteiger partial charge in [0.2, 0.25) is 5.91 Å². The summed E-state index contributed by atoms with van der Waals surface area (Å²) in [5.41, 5.74) is 2.63. The first-order valence-corrected chi connectivity index (χ1v) is 9.37. The average Bonchev–Trinajstić information content (AvgIpc) is 2.54. The Morgan fingerprint density at radius 1 is 1.12 bits per heavy atom. The predicted octanol–water partition coefficient (Wildman–Crippen LogP) is 2.63. The summed E-state index contributed by atoms with van der Waals surface area (Å²) in [4.78, 5) is 12.0. The first kappa shape index (κ1) is 18.5. The van der Waals surface area contributed by atoms with Crippen LogP contribution < -0.4 is 5.32 Å². The van der Waals surface area contributed by atoms with Crippen LogP contribution in [0.5, 0.6) is 0 Å². The molecule has 0 fully saturated rings. The number of rotatable bonds is 6. The first-order valence-electron chi connectivity index (χ1n) is 7.33. The SMILES string of the molecule is Cc1ccc(CC(CS)C(=O)Nc2ccc(S(=O)(=O)[O-])cc2)cc1. The highest BCUT2D eigenvalue weighted by Gasteiger charge is 2.17. The first-order chi connectivity index (χ1) is 11.3. The van der Waals surface area contributed by atoms with E-state index in [-0.39, 0.29) is 16.7 Å². The Kier molecular flexibility index (Phi) is 6.04. The van der Waals surface area contributed by atoms with Gasteiger partial charge in [0.25, 0.3) is 0 Å². The topological polar surface area (TPSA) is 86.3 Å². The summed E-state index contributed by atoms with van der Waals surface area (Å²) in [5.74, 6) is -0.144. The third kappa shape index (κ3) is 5.09. The molecule has 0 saturated heterocycles. The molecular weight excluding hydrogens is 346 g/mol. The van der Waals surface area contributed by atoms with Gasteiger partial charge in [-0.3, -0.25) is 4.79 Å². The van der Waals surface area contributed by atoms with E-state index >= 15 is 0 Å². The fourth-order valence-corrected chi connectivity index (χ4v) is 2.96. The Morgan fingerprint density at radius 3 is 2.21 bits per heavy atom. The number of carbonyl (C=O) groups excluding carboxylic acids is 1. The van der Waals surface area contributed by atoms with Crippen LogP contribution in [0.2, 0.25) is 0 Å². The molecule has 5 nitrogen and oxygen atoms in total. The maximum atomic E-state index is 12.4. The van der Waals surface area contributed by atoms with Gasteiger partial charge >= 0.3 is 0 Å². The van der Waals surface area contributed by atoms with E-state index < -0.39 is 10.1 Å². The average molecular weight is 364 g/mol. The molecule has 1 N–H and O–H groups in total. The maximum absolute atomic E-state index is 12.4. The molecule has 2 aromatic carbocycles. The third-order valence-electron chi connectivity index (χ3n) is 3.60. The van der Waals surface area contributed by atoms with Gasteiger partial charge in [-0.1, -0.05) is 29.8 Å². The molecule has 0 saturated carbocycles. The van der Waals surface area contributed by atoms with E-state index in [2.05, 4.69) is 17.9 Å². The van der Waals surface area contributed by atoms with Crippen LogP contribution in [-0.4, -0.2) is 24.6 Å². The van der Waals surface area contributed by atoms with Crippen LogP contribution in [0.15, 0.2) is 53.4 Å². The van der Waals surface area contributed by atoms with Gasteiger partial charge in [-0.05, 0) is 43.2 Å². The zero-order valence-electron chi connectivity index (χ0n) is 13.1. The molecule has 1 amide bonds. The van der Waals surface area contributed by atoms with Crippen molar-refractivity contribution in [1.82, 2.24) is 0 Å². The Hall–Kier alpha value is -1.83. The number of amides is 1. The van der Waals surface area contributed by atoms with Crippen LogP contribution in [0, 0.1) is 12.8 Å². The highest BCUT2D eigenvalue weighted by molar-refractivity contribution is 7.85. The predicted molar refractivity (Wildman–Crippen MR) is 95.3 cm³/mol. The molecule has 2 aromatic rings. The van der Waals surface area contributed by atoms with Crippen molar-refractivity contribution in [3.8, 4) is 0 Å². The second kappa shape index (κ2) is 7.83. The normalized spacial score (nSPS) is 12.6. The van der Waals surface area contributed by atoms with Gasteiger partial charge in [-0.25, -0.2) is 8.42 Å². The second-order valence-corrected chi connectivity index (χ2v) is 7.28. The molecular formula is C17H18NO4S2-. The molecule has 1 atom stereocenters. The van der Waals surface area contributed by atoms with E-state index in [4.69, 9.17) is 0 Å². The minimum absolute atomic E-state index is 0.205. The fourth-order valence-electron chi connectivity index (χ4n) is 2.20. The van der Waals surface area contributed by atoms with Crippen molar-refractivity contribution in [2.75, 3.05) is 11.1 Å². The molecule has 0 bridgehead atoms. The molecule has 0 radical (unpaired) electrons. The van der Waals surface area contributed by atoms with Crippen molar-refractivity contribution >= 4 is 34.3 Å². The maximum Gasteiger partial charge on any atom is 0.228 e. The fraction of sp³-hybridized carbons (Fsp3) is 0.235. The minimum atomic E-state index is -4.49. The molecule has 128 valence electrons. The van der Waals surface area contributed by atoms with Gasteiger partial charge in [0.15, 0.2) is 0 Å². The molecule has 0 heterocycles. The lowest BCUT2D eigenvalue weighted by molar-refractivity contribution is -0.119. The van der Waals surface area contributed by atoms with E-state index in [1.807, 2.05) is 31.2 Å². The quantitative estimate of drug-likeness (QED) is 0.609. The zero-order chi connectivity index (χ0) is 17.7. The van der Waals surface area contributed by atoms with Crippen molar-refractivity contribution in [3.05, 3.63) is 59.7 Å². The lowest BCUT2D eigenvalue weighted by Gasteiger charge is -2.15. The number of hydrogen-bond acceptors (Lipinski definition) is 5. The van der Waals surface area contributed by atoms with Gasteiger partial charge in [-0.2, -0.15) is 12.6 Å². The number of benzene rings is 2. The number of nitrogens with one attached hydrogen (secondary N) is 1. The van der Waals surface area contributed by atoms with E-state index in [9.17, 15) is 17.8 Å². The lowest BCUT2D eigenvalue weighted by atomic mass is 9.99. The number of carbonyl (C=O) groups is 1. The van der Waals surface area contributed by atoms with Crippen LogP contribution in [0.25, 0.3) is 0 Å².